The van der Waals surface area contributed by atoms with Crippen LogP contribution in [0.1, 0.15) is 22.8 Å². The van der Waals surface area contributed by atoms with E-state index in [4.69, 9.17) is 9.15 Å². The van der Waals surface area contributed by atoms with E-state index in [0.717, 1.165) is 33.3 Å². The number of benzene rings is 3. The number of hydrogen-bond donors (Lipinski definition) is 1. The molecule has 36 heavy (non-hydrogen) atoms. The predicted octanol–water partition coefficient (Wildman–Crippen LogP) is 7.37. The normalized spacial score (nSPS) is 11.6. The van der Waals surface area contributed by atoms with Gasteiger partial charge in [-0.2, -0.15) is 0 Å². The van der Waals surface area contributed by atoms with Gasteiger partial charge in [0.2, 0.25) is 5.55 Å². The zero-order chi connectivity index (χ0) is 25.1. The van der Waals surface area contributed by atoms with Gasteiger partial charge in [0.25, 0.3) is 5.91 Å². The van der Waals surface area contributed by atoms with Crippen molar-refractivity contribution < 1.29 is 13.9 Å². The van der Waals surface area contributed by atoms with Gasteiger partial charge in [-0.3, -0.25) is 10.1 Å². The molecule has 0 aliphatic heterocycles. The minimum atomic E-state index is -0.352. The van der Waals surface area contributed by atoms with Crippen LogP contribution in [0.2, 0.25) is 0 Å². The summed E-state index contributed by atoms with van der Waals surface area (Å²) in [6.07, 6.45) is 0.982. The summed E-state index contributed by atoms with van der Waals surface area (Å²) in [7, 11) is 1.61. The first-order valence-electron chi connectivity index (χ1n) is 11.3. The number of carbonyl (C=O) groups is 1. The molecule has 0 radical (unpaired) electrons. The van der Waals surface area contributed by atoms with Gasteiger partial charge in [-0.1, -0.05) is 47.1 Å². The Morgan fingerprint density at radius 2 is 1.86 bits per heavy atom. The first-order valence-corrected chi connectivity index (χ1v) is 13.0. The van der Waals surface area contributed by atoms with E-state index in [9.17, 15) is 4.79 Å². The van der Waals surface area contributed by atoms with Crippen LogP contribution in [0.3, 0.4) is 0 Å². The van der Waals surface area contributed by atoms with Gasteiger partial charge in [0.1, 0.15) is 16.9 Å². The summed E-state index contributed by atoms with van der Waals surface area (Å²) in [6, 6.07) is 22.9. The van der Waals surface area contributed by atoms with Gasteiger partial charge < -0.3 is 9.15 Å². The minimum absolute atomic E-state index is 0.208. The number of aryl methyl sites for hydroxylation is 1. The van der Waals surface area contributed by atoms with E-state index in [-0.39, 0.29) is 11.5 Å². The summed E-state index contributed by atoms with van der Waals surface area (Å²) in [6.45, 7) is 2.12. The number of hydrogen-bond acceptors (Lipinski definition) is 6. The fourth-order valence-corrected chi connectivity index (χ4v) is 4.75. The number of methoxy groups -OCH3 is 1. The van der Waals surface area contributed by atoms with Crippen LogP contribution >= 0.6 is 27.3 Å². The molecule has 2 heterocycles. The van der Waals surface area contributed by atoms with E-state index in [0.29, 0.717) is 22.0 Å². The summed E-state index contributed by atoms with van der Waals surface area (Å²) < 4.78 is 12.2. The third kappa shape index (κ3) is 5.24. The van der Waals surface area contributed by atoms with Crippen molar-refractivity contribution in [2.75, 3.05) is 12.4 Å². The SMILES string of the molecule is CCc1ccc(-c2csc(NC(=O)c3cc4cc(Br)ccc4oc3=Nc3ccc(OC)cc3)n2)cc1. The molecule has 6 nitrogen and oxygen atoms in total. The molecule has 0 fully saturated rings. The van der Waals surface area contributed by atoms with Crippen LogP contribution < -0.4 is 15.6 Å². The maximum absolute atomic E-state index is 13.4. The number of thiazole rings is 1. The molecule has 0 atom stereocenters. The molecule has 0 unspecified atom stereocenters. The van der Waals surface area contributed by atoms with Crippen molar-refractivity contribution >= 4 is 55.0 Å². The lowest BCUT2D eigenvalue weighted by Gasteiger charge is -2.06. The Bertz CT molecular complexity index is 1610. The standard InChI is InChI=1S/C28H22BrN3O3S/c1-3-17-4-6-18(7-5-17)24-16-36-28(31-24)32-26(33)23-15-19-14-20(29)8-13-25(19)35-27(23)30-21-9-11-22(34-2)12-10-21/h4-16H,3H2,1-2H3,(H,31,32,33). The lowest BCUT2D eigenvalue weighted by atomic mass is 10.1. The van der Waals surface area contributed by atoms with Crippen molar-refractivity contribution in [3.05, 3.63) is 99.3 Å². The number of aromatic nitrogens is 1. The number of ether oxygens (including phenoxy) is 1. The van der Waals surface area contributed by atoms with Crippen molar-refractivity contribution in [1.82, 2.24) is 4.98 Å². The Labute approximate surface area is 220 Å². The van der Waals surface area contributed by atoms with Gasteiger partial charge in [0.15, 0.2) is 5.13 Å². The van der Waals surface area contributed by atoms with E-state index in [1.165, 1.54) is 16.9 Å². The summed E-state index contributed by atoms with van der Waals surface area (Å²) in [4.78, 5) is 22.6. The number of carbonyl (C=O) groups excluding carboxylic acids is 1. The fourth-order valence-electron chi connectivity index (χ4n) is 3.66. The number of anilines is 1. The fraction of sp³-hybridized carbons (Fsp3) is 0.107. The van der Waals surface area contributed by atoms with Gasteiger partial charge in [0.05, 0.1) is 18.5 Å². The van der Waals surface area contributed by atoms with E-state index in [1.807, 2.05) is 35.7 Å². The van der Waals surface area contributed by atoms with Crippen molar-refractivity contribution in [1.29, 1.82) is 0 Å². The molecular weight excluding hydrogens is 538 g/mol. The largest absolute Gasteiger partial charge is 0.497 e. The first kappa shape index (κ1) is 24.0. The summed E-state index contributed by atoms with van der Waals surface area (Å²) in [5.74, 6) is 0.367. The Balaban J connectivity index is 1.50. The molecular formula is C28H22BrN3O3S. The Hall–Kier alpha value is -3.75. The molecule has 0 saturated carbocycles. The lowest BCUT2D eigenvalue weighted by Crippen LogP contribution is -2.21. The van der Waals surface area contributed by atoms with E-state index in [1.54, 1.807) is 37.4 Å². The zero-order valence-electron chi connectivity index (χ0n) is 19.6. The number of rotatable bonds is 6. The average Bonchev–Trinajstić information content (AvgIpc) is 3.37. The maximum atomic E-state index is 13.4. The average molecular weight is 560 g/mol. The number of fused-ring (bicyclic) bond motifs is 1. The monoisotopic (exact) mass is 559 g/mol. The highest BCUT2D eigenvalue weighted by molar-refractivity contribution is 9.10. The Kier molecular flexibility index (Phi) is 6.97. The van der Waals surface area contributed by atoms with Crippen LogP contribution in [0.5, 0.6) is 5.75 Å². The Morgan fingerprint density at radius 3 is 2.58 bits per heavy atom. The second-order valence-electron chi connectivity index (χ2n) is 8.00. The van der Waals surface area contributed by atoms with Crippen LogP contribution in [-0.2, 0) is 6.42 Å². The molecule has 0 spiro atoms. The van der Waals surface area contributed by atoms with Crippen LogP contribution in [0, 0.1) is 0 Å². The first-order chi connectivity index (χ1) is 17.5. The molecule has 8 heteroatoms. The second kappa shape index (κ2) is 10.5. The van der Waals surface area contributed by atoms with Crippen molar-refractivity contribution in [3.63, 3.8) is 0 Å². The Morgan fingerprint density at radius 1 is 1.08 bits per heavy atom. The molecule has 1 amide bonds. The van der Waals surface area contributed by atoms with Gasteiger partial charge in [-0.15, -0.1) is 11.3 Å². The van der Waals surface area contributed by atoms with Crippen LogP contribution in [0.4, 0.5) is 10.8 Å². The molecule has 3 aromatic carbocycles. The number of halogens is 1. The van der Waals surface area contributed by atoms with Gasteiger partial charge in [-0.25, -0.2) is 9.98 Å². The molecule has 1 N–H and O–H groups in total. The molecule has 0 aliphatic carbocycles. The highest BCUT2D eigenvalue weighted by Gasteiger charge is 2.16. The van der Waals surface area contributed by atoms with Gasteiger partial charge in [0, 0.05) is 20.8 Å². The lowest BCUT2D eigenvalue weighted by molar-refractivity contribution is 0.102. The topological polar surface area (TPSA) is 76.7 Å². The number of nitrogens with one attached hydrogen (secondary N) is 1. The van der Waals surface area contributed by atoms with Gasteiger partial charge >= 0.3 is 0 Å². The van der Waals surface area contributed by atoms with Gasteiger partial charge in [-0.05, 0) is 60.5 Å². The molecule has 0 saturated heterocycles. The second-order valence-corrected chi connectivity index (χ2v) is 9.77. The molecule has 0 bridgehead atoms. The van der Waals surface area contributed by atoms with Crippen molar-refractivity contribution in [2.24, 2.45) is 4.99 Å². The third-order valence-corrected chi connectivity index (χ3v) is 6.89. The molecule has 5 aromatic rings. The summed E-state index contributed by atoms with van der Waals surface area (Å²) in [5.41, 5.74) is 4.85. The molecule has 5 rings (SSSR count). The van der Waals surface area contributed by atoms with E-state index >= 15 is 0 Å². The number of amides is 1. The highest BCUT2D eigenvalue weighted by atomic mass is 79.9. The van der Waals surface area contributed by atoms with Crippen molar-refractivity contribution in [2.45, 2.75) is 13.3 Å². The molecule has 0 aliphatic rings. The molecule has 180 valence electrons. The third-order valence-electron chi connectivity index (χ3n) is 5.64. The quantitative estimate of drug-likeness (QED) is 0.235. The van der Waals surface area contributed by atoms with Crippen LogP contribution in [-0.4, -0.2) is 18.0 Å². The highest BCUT2D eigenvalue weighted by Crippen LogP contribution is 2.26. The van der Waals surface area contributed by atoms with E-state index in [2.05, 4.69) is 50.3 Å². The number of nitrogens with zero attached hydrogens (tertiary/aromatic N) is 2. The predicted molar refractivity (Wildman–Crippen MR) is 147 cm³/mol. The molecule has 2 aromatic heterocycles. The maximum Gasteiger partial charge on any atom is 0.262 e. The summed E-state index contributed by atoms with van der Waals surface area (Å²) in [5, 5.41) is 6.12. The summed E-state index contributed by atoms with van der Waals surface area (Å²) >= 11 is 4.85. The minimum Gasteiger partial charge on any atom is -0.497 e. The van der Waals surface area contributed by atoms with Crippen molar-refractivity contribution in [3.8, 4) is 17.0 Å². The van der Waals surface area contributed by atoms with E-state index < -0.39 is 0 Å². The van der Waals surface area contributed by atoms with Crippen LogP contribution in [0.25, 0.3) is 22.2 Å². The zero-order valence-corrected chi connectivity index (χ0v) is 22.0. The smallest absolute Gasteiger partial charge is 0.262 e. The van der Waals surface area contributed by atoms with Crippen LogP contribution in [0.15, 0.2) is 92.1 Å².